The van der Waals surface area contributed by atoms with Crippen LogP contribution < -0.4 is 4.90 Å². The van der Waals surface area contributed by atoms with E-state index in [1.54, 1.807) is 4.90 Å². The van der Waals surface area contributed by atoms with Gasteiger partial charge < -0.3 is 14.4 Å². The van der Waals surface area contributed by atoms with Crippen LogP contribution in [-0.4, -0.2) is 25.2 Å². The van der Waals surface area contributed by atoms with Gasteiger partial charge in [-0.15, -0.1) is 0 Å². The van der Waals surface area contributed by atoms with Gasteiger partial charge in [-0.2, -0.15) is 0 Å². The summed E-state index contributed by atoms with van der Waals surface area (Å²) in [6.07, 6.45) is 3.33. The van der Waals surface area contributed by atoms with Gasteiger partial charge in [0.1, 0.15) is 0 Å². The summed E-state index contributed by atoms with van der Waals surface area (Å²) in [7, 11) is 0. The average molecular weight is 289 g/mol. The Kier molecular flexibility index (Phi) is 3.76. The van der Waals surface area contributed by atoms with E-state index in [9.17, 15) is 4.79 Å². The SMILES string of the molecule is CCCCc1ccc2c(c1)C1(OCCO1)C(=O)N2C(C)C. The number of aryl methyl sites for hydroxylation is 1. The number of benzene rings is 1. The standard InChI is InChI=1S/C17H23NO3/c1-4-5-6-13-7-8-15-14(11-13)17(20-9-10-21-17)16(19)18(15)12(2)3/h7-8,11-12H,4-6,9-10H2,1-3H3. The highest BCUT2D eigenvalue weighted by Gasteiger charge is 2.56. The molecule has 4 nitrogen and oxygen atoms in total. The lowest BCUT2D eigenvalue weighted by Crippen LogP contribution is -2.44. The van der Waals surface area contributed by atoms with E-state index in [-0.39, 0.29) is 11.9 Å². The molecule has 0 aromatic heterocycles. The number of nitrogens with zero attached hydrogens (tertiary/aromatic N) is 1. The molecule has 0 atom stereocenters. The number of anilines is 1. The molecule has 1 spiro atoms. The third-order valence-corrected chi connectivity index (χ3v) is 4.20. The second kappa shape index (κ2) is 5.43. The topological polar surface area (TPSA) is 38.8 Å². The van der Waals surface area contributed by atoms with Gasteiger partial charge in [0.2, 0.25) is 0 Å². The van der Waals surface area contributed by atoms with E-state index >= 15 is 0 Å². The zero-order chi connectivity index (χ0) is 15.0. The second-order valence-electron chi connectivity index (χ2n) is 6.04. The van der Waals surface area contributed by atoms with Crippen LogP contribution >= 0.6 is 0 Å². The maximum atomic E-state index is 12.8. The molecule has 21 heavy (non-hydrogen) atoms. The summed E-state index contributed by atoms with van der Waals surface area (Å²) in [6, 6.07) is 6.34. The van der Waals surface area contributed by atoms with Crippen molar-refractivity contribution < 1.29 is 14.3 Å². The minimum atomic E-state index is -1.19. The summed E-state index contributed by atoms with van der Waals surface area (Å²) in [5, 5.41) is 0. The zero-order valence-electron chi connectivity index (χ0n) is 13.0. The van der Waals surface area contributed by atoms with Crippen LogP contribution in [0.3, 0.4) is 0 Å². The van der Waals surface area contributed by atoms with E-state index in [2.05, 4.69) is 19.1 Å². The fourth-order valence-electron chi connectivity index (χ4n) is 3.18. The van der Waals surface area contributed by atoms with Gasteiger partial charge in [-0.25, -0.2) is 0 Å². The normalized spacial score (nSPS) is 19.8. The minimum absolute atomic E-state index is 0.0855. The highest BCUT2D eigenvalue weighted by Crippen LogP contribution is 2.46. The molecule has 2 aliphatic heterocycles. The number of rotatable bonds is 4. The Hall–Kier alpha value is -1.39. The van der Waals surface area contributed by atoms with E-state index in [4.69, 9.17) is 9.47 Å². The largest absolute Gasteiger partial charge is 0.336 e. The quantitative estimate of drug-likeness (QED) is 0.855. The highest BCUT2D eigenvalue weighted by atomic mass is 16.7. The molecular weight excluding hydrogens is 266 g/mol. The van der Waals surface area contributed by atoms with Gasteiger partial charge in [0.25, 0.3) is 11.7 Å². The number of hydrogen-bond donors (Lipinski definition) is 0. The van der Waals surface area contributed by atoms with Crippen LogP contribution in [0.25, 0.3) is 0 Å². The van der Waals surface area contributed by atoms with Crippen molar-refractivity contribution in [2.45, 2.75) is 51.9 Å². The molecule has 3 rings (SSSR count). The lowest BCUT2D eigenvalue weighted by molar-refractivity contribution is -0.181. The fraction of sp³-hybridized carbons (Fsp3) is 0.588. The first-order chi connectivity index (χ1) is 10.1. The molecular formula is C17H23NO3. The molecule has 4 heteroatoms. The first-order valence-electron chi connectivity index (χ1n) is 7.85. The van der Waals surface area contributed by atoms with Crippen molar-refractivity contribution in [1.29, 1.82) is 0 Å². The van der Waals surface area contributed by atoms with Crippen LogP contribution in [0, 0.1) is 0 Å². The summed E-state index contributed by atoms with van der Waals surface area (Å²) in [5.74, 6) is -1.28. The predicted molar refractivity (Wildman–Crippen MR) is 81.3 cm³/mol. The van der Waals surface area contributed by atoms with E-state index in [0.717, 1.165) is 30.5 Å². The Morgan fingerprint density at radius 1 is 1.29 bits per heavy atom. The monoisotopic (exact) mass is 289 g/mol. The molecule has 0 saturated carbocycles. The van der Waals surface area contributed by atoms with E-state index in [1.807, 2.05) is 19.9 Å². The third-order valence-electron chi connectivity index (χ3n) is 4.20. The van der Waals surface area contributed by atoms with Crippen molar-refractivity contribution in [1.82, 2.24) is 0 Å². The molecule has 0 radical (unpaired) electrons. The number of fused-ring (bicyclic) bond motifs is 2. The Bertz CT molecular complexity index is 547. The van der Waals surface area contributed by atoms with E-state index < -0.39 is 5.79 Å². The Morgan fingerprint density at radius 3 is 2.62 bits per heavy atom. The number of carbonyl (C=O) groups is 1. The molecule has 1 amide bonds. The van der Waals surface area contributed by atoms with Crippen molar-refractivity contribution in [2.75, 3.05) is 18.1 Å². The Labute approximate surface area is 126 Å². The summed E-state index contributed by atoms with van der Waals surface area (Å²) in [4.78, 5) is 14.6. The van der Waals surface area contributed by atoms with Crippen LogP contribution in [0.15, 0.2) is 18.2 Å². The van der Waals surface area contributed by atoms with Gasteiger partial charge in [0.15, 0.2) is 0 Å². The molecule has 1 aromatic rings. The van der Waals surface area contributed by atoms with Gasteiger partial charge in [0, 0.05) is 11.6 Å². The van der Waals surface area contributed by atoms with Gasteiger partial charge in [0.05, 0.1) is 18.9 Å². The van der Waals surface area contributed by atoms with Gasteiger partial charge in [-0.05, 0) is 44.4 Å². The Balaban J connectivity index is 2.06. The van der Waals surface area contributed by atoms with Crippen LogP contribution in [0.5, 0.6) is 0 Å². The third kappa shape index (κ3) is 2.17. The molecule has 2 aliphatic rings. The molecule has 1 saturated heterocycles. The Morgan fingerprint density at radius 2 is 2.00 bits per heavy atom. The minimum Gasteiger partial charge on any atom is -0.336 e. The molecule has 0 unspecified atom stereocenters. The summed E-state index contributed by atoms with van der Waals surface area (Å²) < 4.78 is 11.5. The zero-order valence-corrected chi connectivity index (χ0v) is 13.0. The molecule has 0 aliphatic carbocycles. The number of unbranched alkanes of at least 4 members (excludes halogenated alkanes) is 1. The molecule has 0 bridgehead atoms. The lowest BCUT2D eigenvalue weighted by atomic mass is 10.0. The van der Waals surface area contributed by atoms with Gasteiger partial charge in [-0.1, -0.05) is 19.4 Å². The summed E-state index contributed by atoms with van der Waals surface area (Å²) in [5.41, 5.74) is 3.05. The molecule has 1 fully saturated rings. The van der Waals surface area contributed by atoms with Crippen LogP contribution in [0.4, 0.5) is 5.69 Å². The predicted octanol–water partition coefficient (Wildman–Crippen LogP) is 2.98. The summed E-state index contributed by atoms with van der Waals surface area (Å²) in [6.45, 7) is 7.15. The van der Waals surface area contributed by atoms with E-state index in [0.29, 0.717) is 13.2 Å². The fourth-order valence-corrected chi connectivity index (χ4v) is 3.18. The molecule has 0 N–H and O–H groups in total. The lowest BCUT2D eigenvalue weighted by Gasteiger charge is -2.24. The number of ether oxygens (including phenoxy) is 2. The molecule has 2 heterocycles. The molecule has 1 aromatic carbocycles. The maximum Gasteiger partial charge on any atom is 0.292 e. The first kappa shape index (κ1) is 14.5. The van der Waals surface area contributed by atoms with Crippen molar-refractivity contribution in [3.05, 3.63) is 29.3 Å². The first-order valence-corrected chi connectivity index (χ1v) is 7.85. The number of carbonyl (C=O) groups excluding carboxylic acids is 1. The second-order valence-corrected chi connectivity index (χ2v) is 6.04. The summed E-state index contributed by atoms with van der Waals surface area (Å²) >= 11 is 0. The molecule has 114 valence electrons. The van der Waals surface area contributed by atoms with Crippen molar-refractivity contribution in [2.24, 2.45) is 0 Å². The van der Waals surface area contributed by atoms with Crippen molar-refractivity contribution >= 4 is 11.6 Å². The smallest absolute Gasteiger partial charge is 0.292 e. The van der Waals surface area contributed by atoms with Crippen LogP contribution in [0.2, 0.25) is 0 Å². The van der Waals surface area contributed by atoms with Gasteiger partial charge >= 0.3 is 0 Å². The van der Waals surface area contributed by atoms with Crippen molar-refractivity contribution in [3.63, 3.8) is 0 Å². The number of hydrogen-bond acceptors (Lipinski definition) is 3. The highest BCUT2D eigenvalue weighted by molar-refractivity contribution is 6.06. The van der Waals surface area contributed by atoms with Crippen LogP contribution in [0.1, 0.15) is 44.7 Å². The van der Waals surface area contributed by atoms with E-state index in [1.165, 1.54) is 5.56 Å². The average Bonchev–Trinajstić information content (AvgIpc) is 3.04. The van der Waals surface area contributed by atoms with Crippen molar-refractivity contribution in [3.8, 4) is 0 Å². The maximum absolute atomic E-state index is 12.8. The van der Waals surface area contributed by atoms with Gasteiger partial charge in [-0.3, -0.25) is 4.79 Å². The number of amides is 1. The van der Waals surface area contributed by atoms with Crippen LogP contribution in [-0.2, 0) is 26.5 Å².